The molecule has 0 aromatic heterocycles. The van der Waals surface area contributed by atoms with Crippen LogP contribution in [0.1, 0.15) is 43.7 Å². The fraction of sp³-hybridized carbons (Fsp3) is 0.562. The van der Waals surface area contributed by atoms with Crippen LogP contribution >= 0.6 is 0 Å². The van der Waals surface area contributed by atoms with Crippen molar-refractivity contribution in [2.24, 2.45) is 11.8 Å². The van der Waals surface area contributed by atoms with Gasteiger partial charge in [-0.3, -0.25) is 4.79 Å². The zero-order valence-corrected chi connectivity index (χ0v) is 11.1. The average molecular weight is 246 g/mol. The third-order valence-electron chi connectivity index (χ3n) is 4.14. The van der Waals surface area contributed by atoms with Crippen molar-refractivity contribution in [3.05, 3.63) is 35.4 Å². The molecule has 2 unspecified atom stereocenters. The Kier molecular flexibility index (Phi) is 4.54. The number of benzene rings is 1. The highest BCUT2D eigenvalue weighted by Gasteiger charge is 2.27. The lowest BCUT2D eigenvalue weighted by atomic mass is 9.77. The monoisotopic (exact) mass is 246 g/mol. The van der Waals surface area contributed by atoms with Crippen LogP contribution in [0.5, 0.6) is 0 Å². The maximum atomic E-state index is 11.9. The first-order valence-electron chi connectivity index (χ1n) is 6.94. The van der Waals surface area contributed by atoms with Crippen molar-refractivity contribution >= 4 is 5.78 Å². The third kappa shape index (κ3) is 3.20. The number of rotatable bonds is 4. The smallest absolute Gasteiger partial charge is 0.136 e. The third-order valence-corrected chi connectivity index (χ3v) is 4.14. The fourth-order valence-corrected chi connectivity index (χ4v) is 2.84. The van der Waals surface area contributed by atoms with E-state index in [1.54, 1.807) is 0 Å². The van der Waals surface area contributed by atoms with Gasteiger partial charge in [0.15, 0.2) is 0 Å². The largest absolute Gasteiger partial charge is 0.392 e. The first kappa shape index (κ1) is 13.3. The zero-order chi connectivity index (χ0) is 13.0. The molecule has 1 aromatic carbocycles. The highest BCUT2D eigenvalue weighted by Crippen LogP contribution is 2.30. The quantitative estimate of drug-likeness (QED) is 0.886. The van der Waals surface area contributed by atoms with Gasteiger partial charge >= 0.3 is 0 Å². The number of Topliss-reactive ketones (excluding diaryl/α,β-unsaturated/α-hetero) is 1. The minimum absolute atomic E-state index is 0.0839. The second-order valence-corrected chi connectivity index (χ2v) is 5.39. The predicted molar refractivity (Wildman–Crippen MR) is 72.2 cm³/mol. The van der Waals surface area contributed by atoms with Gasteiger partial charge in [0.05, 0.1) is 6.61 Å². The van der Waals surface area contributed by atoms with E-state index < -0.39 is 0 Å². The number of hydrogen-bond donors (Lipinski definition) is 1. The van der Waals surface area contributed by atoms with Crippen molar-refractivity contribution in [3.63, 3.8) is 0 Å². The van der Waals surface area contributed by atoms with Gasteiger partial charge in [-0.05, 0) is 36.3 Å². The molecular formula is C16H22O2. The van der Waals surface area contributed by atoms with E-state index in [4.69, 9.17) is 5.11 Å². The minimum atomic E-state index is 0.0839. The maximum absolute atomic E-state index is 11.9. The van der Waals surface area contributed by atoms with Crippen molar-refractivity contribution in [3.8, 4) is 0 Å². The summed E-state index contributed by atoms with van der Waals surface area (Å²) < 4.78 is 0. The van der Waals surface area contributed by atoms with Gasteiger partial charge in [0.25, 0.3) is 0 Å². The lowest BCUT2D eigenvalue weighted by Crippen LogP contribution is -2.26. The van der Waals surface area contributed by atoms with E-state index in [1.165, 1.54) is 12.0 Å². The summed E-state index contributed by atoms with van der Waals surface area (Å²) in [5, 5.41) is 9.00. The van der Waals surface area contributed by atoms with Crippen molar-refractivity contribution < 1.29 is 9.90 Å². The topological polar surface area (TPSA) is 37.3 Å². The summed E-state index contributed by atoms with van der Waals surface area (Å²) in [5.41, 5.74) is 2.14. The van der Waals surface area contributed by atoms with E-state index in [0.717, 1.165) is 37.2 Å². The number of carbonyl (C=O) groups is 1. The SMILES string of the molecule is CCC1CCC(=O)C(Cc2ccc(CO)cc2)C1. The highest BCUT2D eigenvalue weighted by molar-refractivity contribution is 5.82. The van der Waals surface area contributed by atoms with Crippen LogP contribution in [-0.2, 0) is 17.8 Å². The van der Waals surface area contributed by atoms with E-state index >= 15 is 0 Å². The Morgan fingerprint density at radius 3 is 2.50 bits per heavy atom. The van der Waals surface area contributed by atoms with Crippen LogP contribution in [-0.4, -0.2) is 10.9 Å². The second-order valence-electron chi connectivity index (χ2n) is 5.39. The fourth-order valence-electron chi connectivity index (χ4n) is 2.84. The van der Waals surface area contributed by atoms with Crippen LogP contribution in [0.25, 0.3) is 0 Å². The lowest BCUT2D eigenvalue weighted by Gasteiger charge is -2.27. The number of aliphatic hydroxyl groups is 1. The van der Waals surface area contributed by atoms with Gasteiger partial charge < -0.3 is 5.11 Å². The molecule has 1 aliphatic rings. The van der Waals surface area contributed by atoms with Gasteiger partial charge in [-0.25, -0.2) is 0 Å². The van der Waals surface area contributed by atoms with Crippen LogP contribution in [0.4, 0.5) is 0 Å². The molecule has 18 heavy (non-hydrogen) atoms. The summed E-state index contributed by atoms with van der Waals surface area (Å²) >= 11 is 0. The first-order valence-corrected chi connectivity index (χ1v) is 6.94. The van der Waals surface area contributed by atoms with Gasteiger partial charge in [0.2, 0.25) is 0 Å². The van der Waals surface area contributed by atoms with Gasteiger partial charge in [-0.1, -0.05) is 37.6 Å². The van der Waals surface area contributed by atoms with Crippen LogP contribution in [0.3, 0.4) is 0 Å². The number of aliphatic hydroxyl groups excluding tert-OH is 1. The molecule has 0 heterocycles. The predicted octanol–water partition coefficient (Wildman–Crippen LogP) is 3.12. The Morgan fingerprint density at radius 2 is 1.89 bits per heavy atom. The van der Waals surface area contributed by atoms with Gasteiger partial charge in [-0.2, -0.15) is 0 Å². The molecule has 0 spiro atoms. The zero-order valence-electron chi connectivity index (χ0n) is 11.1. The Bertz CT molecular complexity index is 394. The molecule has 0 bridgehead atoms. The Balaban J connectivity index is 2.00. The molecule has 98 valence electrons. The average Bonchev–Trinajstić information content (AvgIpc) is 2.42. The van der Waals surface area contributed by atoms with Crippen molar-refractivity contribution in [1.82, 2.24) is 0 Å². The highest BCUT2D eigenvalue weighted by atomic mass is 16.3. The molecule has 2 atom stereocenters. The lowest BCUT2D eigenvalue weighted by molar-refractivity contribution is -0.125. The standard InChI is InChI=1S/C16H22O2/c1-2-12-7-8-16(18)15(9-12)10-13-3-5-14(11-17)6-4-13/h3-6,12,15,17H,2,7-11H2,1H3. The minimum Gasteiger partial charge on any atom is -0.392 e. The van der Waals surface area contributed by atoms with Crippen LogP contribution in [0.2, 0.25) is 0 Å². The van der Waals surface area contributed by atoms with Gasteiger partial charge in [0, 0.05) is 12.3 Å². The summed E-state index contributed by atoms with van der Waals surface area (Å²) in [6.07, 6.45) is 4.94. The van der Waals surface area contributed by atoms with E-state index in [1.807, 2.05) is 24.3 Å². The summed E-state index contributed by atoms with van der Waals surface area (Å²) in [5.74, 6) is 1.37. The molecule has 2 nitrogen and oxygen atoms in total. The molecule has 0 aliphatic heterocycles. The van der Waals surface area contributed by atoms with Crippen molar-refractivity contribution in [2.75, 3.05) is 0 Å². The van der Waals surface area contributed by atoms with Crippen molar-refractivity contribution in [1.29, 1.82) is 0 Å². The van der Waals surface area contributed by atoms with Gasteiger partial charge in [0.1, 0.15) is 5.78 Å². The normalized spacial score (nSPS) is 24.2. The summed E-state index contributed by atoms with van der Waals surface area (Å²) in [7, 11) is 0. The van der Waals surface area contributed by atoms with E-state index in [-0.39, 0.29) is 12.5 Å². The van der Waals surface area contributed by atoms with Crippen LogP contribution in [0.15, 0.2) is 24.3 Å². The molecule has 2 rings (SSSR count). The second kappa shape index (κ2) is 6.14. The number of hydrogen-bond acceptors (Lipinski definition) is 2. The summed E-state index contributed by atoms with van der Waals surface area (Å²) in [6, 6.07) is 7.96. The Hall–Kier alpha value is -1.15. The molecule has 0 saturated heterocycles. The van der Waals surface area contributed by atoms with Crippen molar-refractivity contribution in [2.45, 2.75) is 45.6 Å². The molecule has 1 aliphatic carbocycles. The Labute approximate surface area is 109 Å². The Morgan fingerprint density at radius 1 is 1.22 bits per heavy atom. The molecule has 0 amide bonds. The maximum Gasteiger partial charge on any atom is 0.136 e. The summed E-state index contributed by atoms with van der Waals surface area (Å²) in [4.78, 5) is 11.9. The molecule has 1 aromatic rings. The molecule has 1 saturated carbocycles. The molecule has 1 fully saturated rings. The van der Waals surface area contributed by atoms with E-state index in [0.29, 0.717) is 5.78 Å². The molecule has 0 radical (unpaired) electrons. The van der Waals surface area contributed by atoms with Crippen LogP contribution in [0, 0.1) is 11.8 Å². The first-order chi connectivity index (χ1) is 8.72. The summed E-state index contributed by atoms with van der Waals surface area (Å²) in [6.45, 7) is 2.30. The number of carbonyl (C=O) groups excluding carboxylic acids is 1. The number of ketones is 1. The van der Waals surface area contributed by atoms with Gasteiger partial charge in [-0.15, -0.1) is 0 Å². The van der Waals surface area contributed by atoms with E-state index in [9.17, 15) is 4.79 Å². The molecular weight excluding hydrogens is 224 g/mol. The molecule has 2 heteroatoms. The van der Waals surface area contributed by atoms with E-state index in [2.05, 4.69) is 6.92 Å². The van der Waals surface area contributed by atoms with Crippen LogP contribution < -0.4 is 0 Å². The molecule has 1 N–H and O–H groups in total.